The van der Waals surface area contributed by atoms with Gasteiger partial charge in [-0.15, -0.1) is 0 Å². The number of ether oxygens (including phenoxy) is 1. The van der Waals surface area contributed by atoms with E-state index in [1.54, 1.807) is 30.5 Å². The molecule has 1 fully saturated rings. The molecule has 1 aliphatic heterocycles. The molecular weight excluding hydrogens is 262 g/mol. The summed E-state index contributed by atoms with van der Waals surface area (Å²) in [5.74, 6) is 0.235. The molecule has 0 spiro atoms. The molecule has 0 aromatic heterocycles. The van der Waals surface area contributed by atoms with Crippen LogP contribution >= 0.6 is 12.2 Å². The summed E-state index contributed by atoms with van der Waals surface area (Å²) in [7, 11) is 0. The van der Waals surface area contributed by atoms with Gasteiger partial charge in [0, 0.05) is 13.2 Å². The number of benzene rings is 1. The van der Waals surface area contributed by atoms with E-state index in [0.29, 0.717) is 11.7 Å². The molecule has 0 saturated carbocycles. The first-order valence-electron chi connectivity index (χ1n) is 6.21. The monoisotopic (exact) mass is 279 g/mol. The van der Waals surface area contributed by atoms with Crippen LogP contribution in [0.25, 0.3) is 0 Å². The zero-order valence-corrected chi connectivity index (χ0v) is 11.3. The Kier molecular flexibility index (Phi) is 5.11. The van der Waals surface area contributed by atoms with Gasteiger partial charge in [-0.3, -0.25) is 5.43 Å². The number of aromatic hydroxyl groups is 1. The maximum Gasteiger partial charge on any atom is 0.187 e. The summed E-state index contributed by atoms with van der Waals surface area (Å²) in [6.45, 7) is 1.55. The van der Waals surface area contributed by atoms with Crippen LogP contribution < -0.4 is 10.7 Å². The first kappa shape index (κ1) is 13.8. The molecule has 1 aromatic carbocycles. The molecular formula is C13H17N3O2S. The van der Waals surface area contributed by atoms with Crippen molar-refractivity contribution in [1.82, 2.24) is 10.7 Å². The van der Waals surface area contributed by atoms with E-state index in [1.807, 2.05) is 0 Å². The van der Waals surface area contributed by atoms with Gasteiger partial charge in [-0.25, -0.2) is 0 Å². The summed E-state index contributed by atoms with van der Waals surface area (Å²) in [6.07, 6.45) is 4.08. The van der Waals surface area contributed by atoms with Gasteiger partial charge in [0.2, 0.25) is 0 Å². The Labute approximate surface area is 117 Å². The highest BCUT2D eigenvalue weighted by Crippen LogP contribution is 2.10. The predicted molar refractivity (Wildman–Crippen MR) is 78.4 cm³/mol. The number of nitrogens with one attached hydrogen (secondary N) is 2. The Balaban J connectivity index is 1.69. The highest BCUT2D eigenvalue weighted by molar-refractivity contribution is 7.80. The fourth-order valence-corrected chi connectivity index (χ4v) is 1.91. The van der Waals surface area contributed by atoms with Crippen LogP contribution in [0.2, 0.25) is 0 Å². The molecule has 2 rings (SSSR count). The third-order valence-electron chi connectivity index (χ3n) is 2.79. The number of thiocarbonyl (C=S) groups is 1. The smallest absolute Gasteiger partial charge is 0.187 e. The first-order chi connectivity index (χ1) is 9.24. The summed E-state index contributed by atoms with van der Waals surface area (Å²) in [4.78, 5) is 0. The van der Waals surface area contributed by atoms with Crippen LogP contribution in [-0.2, 0) is 4.74 Å². The number of hydrogen-bond acceptors (Lipinski definition) is 4. The molecule has 0 amide bonds. The largest absolute Gasteiger partial charge is 0.508 e. The Bertz CT molecular complexity index is 442. The minimum Gasteiger partial charge on any atom is -0.508 e. The summed E-state index contributed by atoms with van der Waals surface area (Å²) in [5, 5.41) is 16.7. The predicted octanol–water partition coefficient (Wildman–Crippen LogP) is 1.37. The molecule has 0 bridgehead atoms. The Morgan fingerprint density at radius 1 is 1.47 bits per heavy atom. The van der Waals surface area contributed by atoms with Gasteiger partial charge in [0.1, 0.15) is 5.75 Å². The lowest BCUT2D eigenvalue weighted by atomic mass is 10.2. The lowest BCUT2D eigenvalue weighted by molar-refractivity contribution is 0.114. The normalized spacial score (nSPS) is 18.6. The SMILES string of the molecule is Oc1ccc(/C=N/NC(=S)NC[C@H]2CCCO2)cc1. The minimum absolute atomic E-state index is 0.235. The second-order valence-corrected chi connectivity index (χ2v) is 4.71. The van der Waals surface area contributed by atoms with Crippen LogP contribution in [0.4, 0.5) is 0 Å². The van der Waals surface area contributed by atoms with Crippen LogP contribution in [-0.4, -0.2) is 35.7 Å². The van der Waals surface area contributed by atoms with Crippen molar-refractivity contribution in [2.75, 3.05) is 13.2 Å². The lowest BCUT2D eigenvalue weighted by Gasteiger charge is -2.11. The molecule has 19 heavy (non-hydrogen) atoms. The summed E-state index contributed by atoms with van der Waals surface area (Å²) in [5.41, 5.74) is 3.62. The summed E-state index contributed by atoms with van der Waals surface area (Å²) >= 11 is 5.09. The van der Waals surface area contributed by atoms with Crippen LogP contribution in [0.15, 0.2) is 29.4 Å². The van der Waals surface area contributed by atoms with Gasteiger partial charge in [-0.1, -0.05) is 0 Å². The van der Waals surface area contributed by atoms with E-state index < -0.39 is 0 Å². The number of hydrazone groups is 1. The van der Waals surface area contributed by atoms with Crippen molar-refractivity contribution >= 4 is 23.5 Å². The standard InChI is InChI=1S/C13H17N3O2S/c17-11-5-3-10(4-6-11)8-15-16-13(19)14-9-12-2-1-7-18-12/h3-6,8,12,17H,1-2,7,9H2,(H2,14,16,19)/b15-8+/t12-/m1/s1. The van der Waals surface area contributed by atoms with Crippen LogP contribution in [0, 0.1) is 0 Å². The van der Waals surface area contributed by atoms with E-state index in [4.69, 9.17) is 22.1 Å². The van der Waals surface area contributed by atoms with Crippen molar-refractivity contribution in [3.8, 4) is 5.75 Å². The molecule has 6 heteroatoms. The van der Waals surface area contributed by atoms with Gasteiger partial charge in [-0.05, 0) is 54.9 Å². The van der Waals surface area contributed by atoms with Crippen molar-refractivity contribution in [3.63, 3.8) is 0 Å². The van der Waals surface area contributed by atoms with Gasteiger partial charge < -0.3 is 15.2 Å². The van der Waals surface area contributed by atoms with E-state index in [9.17, 15) is 0 Å². The van der Waals surface area contributed by atoms with Gasteiger partial charge >= 0.3 is 0 Å². The van der Waals surface area contributed by atoms with Crippen LogP contribution in [0.3, 0.4) is 0 Å². The lowest BCUT2D eigenvalue weighted by Crippen LogP contribution is -2.37. The van der Waals surface area contributed by atoms with E-state index in [2.05, 4.69) is 15.8 Å². The van der Waals surface area contributed by atoms with Gasteiger partial charge in [0.15, 0.2) is 5.11 Å². The minimum atomic E-state index is 0.235. The summed E-state index contributed by atoms with van der Waals surface area (Å²) < 4.78 is 5.48. The van der Waals surface area contributed by atoms with Gasteiger partial charge in [0.05, 0.1) is 12.3 Å². The topological polar surface area (TPSA) is 65.9 Å². The molecule has 0 radical (unpaired) electrons. The van der Waals surface area contributed by atoms with E-state index in [-0.39, 0.29) is 11.9 Å². The quantitative estimate of drug-likeness (QED) is 0.441. The molecule has 1 aromatic rings. The third-order valence-corrected chi connectivity index (χ3v) is 3.02. The number of phenols is 1. The second-order valence-electron chi connectivity index (χ2n) is 4.31. The molecule has 5 nitrogen and oxygen atoms in total. The van der Waals surface area contributed by atoms with Crippen molar-refractivity contribution in [1.29, 1.82) is 0 Å². The molecule has 3 N–H and O–H groups in total. The number of phenolic OH excluding ortho intramolecular Hbond substituents is 1. The molecule has 0 unspecified atom stereocenters. The van der Waals surface area contributed by atoms with E-state index in [0.717, 1.165) is 25.0 Å². The zero-order chi connectivity index (χ0) is 13.5. The molecule has 1 saturated heterocycles. The van der Waals surface area contributed by atoms with Gasteiger partial charge in [-0.2, -0.15) is 5.10 Å². The van der Waals surface area contributed by atoms with Crippen molar-refractivity contribution in [3.05, 3.63) is 29.8 Å². The Morgan fingerprint density at radius 3 is 2.95 bits per heavy atom. The molecule has 1 heterocycles. The van der Waals surface area contributed by atoms with Crippen LogP contribution in [0.1, 0.15) is 18.4 Å². The first-order valence-corrected chi connectivity index (χ1v) is 6.62. The maximum absolute atomic E-state index is 9.14. The van der Waals surface area contributed by atoms with Crippen molar-refractivity contribution < 1.29 is 9.84 Å². The highest BCUT2D eigenvalue weighted by Gasteiger charge is 2.14. The second kappa shape index (κ2) is 7.06. The average molecular weight is 279 g/mol. The van der Waals surface area contributed by atoms with Gasteiger partial charge in [0.25, 0.3) is 0 Å². The number of rotatable bonds is 4. The molecule has 102 valence electrons. The number of hydrogen-bond donors (Lipinski definition) is 3. The fourth-order valence-electron chi connectivity index (χ4n) is 1.78. The Hall–Kier alpha value is -1.66. The van der Waals surface area contributed by atoms with Crippen LogP contribution in [0.5, 0.6) is 5.75 Å². The molecule has 0 aliphatic carbocycles. The van der Waals surface area contributed by atoms with Crippen molar-refractivity contribution in [2.45, 2.75) is 18.9 Å². The maximum atomic E-state index is 9.14. The summed E-state index contributed by atoms with van der Waals surface area (Å²) in [6, 6.07) is 6.75. The van der Waals surface area contributed by atoms with E-state index in [1.165, 1.54) is 0 Å². The zero-order valence-electron chi connectivity index (χ0n) is 10.5. The number of nitrogens with zero attached hydrogens (tertiary/aromatic N) is 1. The average Bonchev–Trinajstić information content (AvgIpc) is 2.92. The highest BCUT2D eigenvalue weighted by atomic mass is 32.1. The third kappa shape index (κ3) is 4.84. The van der Waals surface area contributed by atoms with Crippen molar-refractivity contribution in [2.24, 2.45) is 5.10 Å². The van der Waals surface area contributed by atoms with E-state index >= 15 is 0 Å². The Morgan fingerprint density at radius 2 is 2.26 bits per heavy atom. The molecule has 1 atom stereocenters. The fraction of sp³-hybridized carbons (Fsp3) is 0.385. The molecule has 1 aliphatic rings.